The van der Waals surface area contributed by atoms with Gasteiger partial charge in [-0.25, -0.2) is 0 Å². The summed E-state index contributed by atoms with van der Waals surface area (Å²) in [6.45, 7) is 4.65. The van der Waals surface area contributed by atoms with E-state index in [-0.39, 0.29) is 11.4 Å². The highest BCUT2D eigenvalue weighted by Crippen LogP contribution is 2.23. The molecule has 0 spiro atoms. The van der Waals surface area contributed by atoms with Gasteiger partial charge in [0.05, 0.1) is 10.7 Å². The number of nitrogens with one attached hydrogen (secondary N) is 2. The minimum absolute atomic E-state index is 0.131. The van der Waals surface area contributed by atoms with Crippen LogP contribution in [0.4, 0.5) is 5.69 Å². The fourth-order valence-electron chi connectivity index (χ4n) is 1.47. The van der Waals surface area contributed by atoms with Gasteiger partial charge in [-0.1, -0.05) is 11.6 Å². The van der Waals surface area contributed by atoms with E-state index in [1.165, 1.54) is 0 Å². The van der Waals surface area contributed by atoms with Crippen LogP contribution < -0.4 is 16.4 Å². The number of anilines is 1. The molecule has 4 N–H and O–H groups in total. The number of benzene rings is 1. The zero-order chi connectivity index (χ0) is 13.8. The molecule has 0 bridgehead atoms. The molecule has 5 heteroatoms. The number of hydrogen-bond acceptors (Lipinski definition) is 3. The molecule has 1 amide bonds. The van der Waals surface area contributed by atoms with Gasteiger partial charge < -0.3 is 16.4 Å². The summed E-state index contributed by atoms with van der Waals surface area (Å²) in [4.78, 5) is 11.5. The standard InChI is InChI=1S/C13H20ClN3O/c1-13(2,15)6-7-17-11-8-9(12(18)16-3)4-5-10(11)14/h4-5,8,17H,6-7,15H2,1-3H3,(H,16,18). The zero-order valence-electron chi connectivity index (χ0n) is 11.0. The molecule has 0 fully saturated rings. The van der Waals surface area contributed by atoms with Crippen LogP contribution in [0, 0.1) is 0 Å². The third kappa shape index (κ3) is 4.55. The maximum Gasteiger partial charge on any atom is 0.251 e. The number of carbonyl (C=O) groups excluding carboxylic acids is 1. The molecule has 0 heterocycles. The van der Waals surface area contributed by atoms with Crippen LogP contribution in [-0.4, -0.2) is 25.0 Å². The molecule has 0 aliphatic heterocycles. The Morgan fingerprint density at radius 3 is 2.67 bits per heavy atom. The normalized spacial score (nSPS) is 11.2. The van der Waals surface area contributed by atoms with Crippen LogP contribution >= 0.6 is 11.6 Å². The molecule has 0 saturated heterocycles. The van der Waals surface area contributed by atoms with E-state index in [0.717, 1.165) is 12.1 Å². The minimum atomic E-state index is -0.224. The summed E-state index contributed by atoms with van der Waals surface area (Å²) in [5.41, 5.74) is 7.01. The fraction of sp³-hybridized carbons (Fsp3) is 0.462. The van der Waals surface area contributed by atoms with Gasteiger partial charge in [-0.3, -0.25) is 4.79 Å². The first kappa shape index (κ1) is 14.8. The van der Waals surface area contributed by atoms with Crippen molar-refractivity contribution >= 4 is 23.2 Å². The van der Waals surface area contributed by atoms with Crippen molar-refractivity contribution in [2.24, 2.45) is 5.73 Å². The Morgan fingerprint density at radius 1 is 1.44 bits per heavy atom. The van der Waals surface area contributed by atoms with Crippen LogP contribution in [0.3, 0.4) is 0 Å². The van der Waals surface area contributed by atoms with Crippen LogP contribution in [0.1, 0.15) is 30.6 Å². The van der Waals surface area contributed by atoms with Gasteiger partial charge in [-0.05, 0) is 38.5 Å². The van der Waals surface area contributed by atoms with Crippen LogP contribution in [0.15, 0.2) is 18.2 Å². The first-order valence-electron chi connectivity index (χ1n) is 5.88. The van der Waals surface area contributed by atoms with Crippen molar-refractivity contribution in [2.45, 2.75) is 25.8 Å². The summed E-state index contributed by atoms with van der Waals surface area (Å²) in [5.74, 6) is -0.131. The highest BCUT2D eigenvalue weighted by atomic mass is 35.5. The second-order valence-corrected chi connectivity index (χ2v) is 5.35. The van der Waals surface area contributed by atoms with Crippen molar-refractivity contribution in [2.75, 3.05) is 18.9 Å². The fourth-order valence-corrected chi connectivity index (χ4v) is 1.65. The van der Waals surface area contributed by atoms with E-state index < -0.39 is 0 Å². The van der Waals surface area contributed by atoms with E-state index >= 15 is 0 Å². The molecule has 100 valence electrons. The lowest BCUT2D eigenvalue weighted by atomic mass is 10.0. The maximum absolute atomic E-state index is 11.5. The summed E-state index contributed by atoms with van der Waals surface area (Å²) >= 11 is 6.07. The molecule has 1 aromatic carbocycles. The summed E-state index contributed by atoms with van der Waals surface area (Å²) in [6, 6.07) is 5.14. The first-order valence-corrected chi connectivity index (χ1v) is 6.25. The summed E-state index contributed by atoms with van der Waals surface area (Å²) in [6.07, 6.45) is 0.813. The smallest absolute Gasteiger partial charge is 0.251 e. The molecule has 0 unspecified atom stereocenters. The Kier molecular flexibility index (Phi) is 4.99. The van der Waals surface area contributed by atoms with Crippen molar-refractivity contribution in [3.63, 3.8) is 0 Å². The molecule has 0 radical (unpaired) electrons. The lowest BCUT2D eigenvalue weighted by molar-refractivity contribution is 0.0963. The van der Waals surface area contributed by atoms with Gasteiger partial charge in [0.2, 0.25) is 0 Å². The summed E-state index contributed by atoms with van der Waals surface area (Å²) in [7, 11) is 1.60. The minimum Gasteiger partial charge on any atom is -0.384 e. The topological polar surface area (TPSA) is 67.2 Å². The van der Waals surface area contributed by atoms with E-state index in [9.17, 15) is 4.79 Å². The Balaban J connectivity index is 2.73. The van der Waals surface area contributed by atoms with Gasteiger partial charge in [0.1, 0.15) is 0 Å². The van der Waals surface area contributed by atoms with E-state index in [0.29, 0.717) is 17.1 Å². The van der Waals surface area contributed by atoms with E-state index in [1.807, 2.05) is 13.8 Å². The van der Waals surface area contributed by atoms with Crippen LogP contribution in [0.2, 0.25) is 5.02 Å². The molecular formula is C13H20ClN3O. The molecule has 0 saturated carbocycles. The molecule has 1 rings (SSSR count). The van der Waals surface area contributed by atoms with Crippen molar-refractivity contribution < 1.29 is 4.79 Å². The van der Waals surface area contributed by atoms with Crippen molar-refractivity contribution in [3.8, 4) is 0 Å². The number of halogens is 1. The molecule has 0 aliphatic carbocycles. The van der Waals surface area contributed by atoms with Gasteiger partial charge >= 0.3 is 0 Å². The van der Waals surface area contributed by atoms with Crippen LogP contribution in [0.25, 0.3) is 0 Å². The monoisotopic (exact) mass is 269 g/mol. The predicted molar refractivity (Wildman–Crippen MR) is 76.2 cm³/mol. The third-order valence-corrected chi connectivity index (χ3v) is 2.87. The second kappa shape index (κ2) is 6.07. The lowest BCUT2D eigenvalue weighted by Gasteiger charge is -2.19. The maximum atomic E-state index is 11.5. The molecule has 18 heavy (non-hydrogen) atoms. The highest BCUT2D eigenvalue weighted by molar-refractivity contribution is 6.33. The van der Waals surface area contributed by atoms with Crippen molar-refractivity contribution in [1.82, 2.24) is 5.32 Å². The van der Waals surface area contributed by atoms with E-state index in [1.54, 1.807) is 25.2 Å². The number of rotatable bonds is 5. The molecule has 0 aliphatic rings. The number of amides is 1. The third-order valence-electron chi connectivity index (χ3n) is 2.54. The van der Waals surface area contributed by atoms with Gasteiger partial charge in [-0.2, -0.15) is 0 Å². The predicted octanol–water partition coefficient (Wildman–Crippen LogP) is 2.24. The average molecular weight is 270 g/mol. The van der Waals surface area contributed by atoms with Gasteiger partial charge in [0.25, 0.3) is 5.91 Å². The molecule has 0 atom stereocenters. The summed E-state index contributed by atoms with van der Waals surface area (Å²) < 4.78 is 0. The molecule has 0 aromatic heterocycles. The first-order chi connectivity index (χ1) is 8.33. The van der Waals surface area contributed by atoms with Crippen LogP contribution in [0.5, 0.6) is 0 Å². The Bertz CT molecular complexity index is 427. The summed E-state index contributed by atoms with van der Waals surface area (Å²) in [5, 5.41) is 6.37. The largest absolute Gasteiger partial charge is 0.384 e. The average Bonchev–Trinajstić information content (AvgIpc) is 2.29. The Morgan fingerprint density at radius 2 is 2.11 bits per heavy atom. The van der Waals surface area contributed by atoms with Crippen molar-refractivity contribution in [3.05, 3.63) is 28.8 Å². The van der Waals surface area contributed by atoms with Crippen LogP contribution in [-0.2, 0) is 0 Å². The molecular weight excluding hydrogens is 250 g/mol. The molecule has 1 aromatic rings. The quantitative estimate of drug-likeness (QED) is 0.768. The SMILES string of the molecule is CNC(=O)c1ccc(Cl)c(NCCC(C)(C)N)c1. The molecule has 4 nitrogen and oxygen atoms in total. The zero-order valence-corrected chi connectivity index (χ0v) is 11.8. The van der Waals surface area contributed by atoms with Crippen molar-refractivity contribution in [1.29, 1.82) is 0 Å². The number of nitrogens with two attached hydrogens (primary N) is 1. The van der Waals surface area contributed by atoms with E-state index in [2.05, 4.69) is 10.6 Å². The van der Waals surface area contributed by atoms with Gasteiger partial charge in [0.15, 0.2) is 0 Å². The van der Waals surface area contributed by atoms with Gasteiger partial charge in [0, 0.05) is 24.7 Å². The number of hydrogen-bond donors (Lipinski definition) is 3. The van der Waals surface area contributed by atoms with E-state index in [4.69, 9.17) is 17.3 Å². The number of carbonyl (C=O) groups is 1. The second-order valence-electron chi connectivity index (χ2n) is 4.94. The Labute approximate surface area is 113 Å². The highest BCUT2D eigenvalue weighted by Gasteiger charge is 2.11. The Hall–Kier alpha value is -1.26. The van der Waals surface area contributed by atoms with Gasteiger partial charge in [-0.15, -0.1) is 0 Å². The lowest BCUT2D eigenvalue weighted by Crippen LogP contribution is -2.34.